The third-order valence-electron chi connectivity index (χ3n) is 5.74. The molecule has 1 aromatic heterocycles. The van der Waals surface area contributed by atoms with Gasteiger partial charge in [-0.15, -0.1) is 0 Å². The van der Waals surface area contributed by atoms with Crippen LogP contribution in [0.2, 0.25) is 0 Å². The van der Waals surface area contributed by atoms with Gasteiger partial charge in [-0.2, -0.15) is 0 Å². The number of hydrogen-bond acceptors (Lipinski definition) is 0. The zero-order chi connectivity index (χ0) is 15.7. The van der Waals surface area contributed by atoms with E-state index in [1.54, 1.807) is 0 Å². The molecule has 0 saturated carbocycles. The molecule has 0 atom stereocenters. The summed E-state index contributed by atoms with van der Waals surface area (Å²) in [5.74, 6) is 0. The minimum Gasteiger partial charge on any atom is -0.312 e. The number of quaternary nitrogens is 2. The van der Waals surface area contributed by atoms with Gasteiger partial charge in [-0.3, -0.25) is 0 Å². The molecule has 0 amide bonds. The van der Waals surface area contributed by atoms with E-state index in [1.165, 1.54) is 48.2 Å². The molecule has 0 aromatic carbocycles. The highest BCUT2D eigenvalue weighted by molar-refractivity contribution is 4.69. The number of piperazine rings is 3. The summed E-state index contributed by atoms with van der Waals surface area (Å²) in [6.07, 6.45) is 6.19. The van der Waals surface area contributed by atoms with Gasteiger partial charge < -0.3 is 8.97 Å². The predicted octanol–water partition coefficient (Wildman–Crippen LogP) is 2.85. The van der Waals surface area contributed by atoms with E-state index in [2.05, 4.69) is 51.8 Å². The molecule has 3 aliphatic rings. The summed E-state index contributed by atoms with van der Waals surface area (Å²) in [7, 11) is 4.45. The van der Waals surface area contributed by atoms with E-state index in [1.807, 2.05) is 17.8 Å². The van der Waals surface area contributed by atoms with Gasteiger partial charge in [0.25, 0.3) is 0 Å². The molecule has 23 heavy (non-hydrogen) atoms. The van der Waals surface area contributed by atoms with Gasteiger partial charge in [0.2, 0.25) is 6.33 Å². The van der Waals surface area contributed by atoms with E-state index < -0.39 is 0 Å². The van der Waals surface area contributed by atoms with Gasteiger partial charge >= 0.3 is 0 Å². The van der Waals surface area contributed by atoms with Crippen LogP contribution in [0.4, 0.5) is 0 Å². The SMILES string of the molecule is C.C.CC(C)[N+]12CC[N+](C)(CC1)CC2.CC(C)n1cc[n+](C)c1. The molecule has 3 aliphatic heterocycles. The highest BCUT2D eigenvalue weighted by Crippen LogP contribution is 2.27. The maximum absolute atomic E-state index is 2.42. The largest absolute Gasteiger partial charge is 0.312 e. The predicted molar refractivity (Wildman–Crippen MR) is 100 cm³/mol. The Hall–Kier alpha value is -0.870. The number of imidazole rings is 1. The lowest BCUT2D eigenvalue weighted by Gasteiger charge is -2.55. The first-order chi connectivity index (χ1) is 9.76. The van der Waals surface area contributed by atoms with Crippen molar-refractivity contribution in [1.82, 2.24) is 4.57 Å². The number of likely N-dealkylation sites (N-methyl/N-ethyl adjacent to an activating group) is 1. The second-order valence-corrected chi connectivity index (χ2v) is 7.89. The summed E-state index contributed by atoms with van der Waals surface area (Å²) < 4.78 is 6.97. The molecule has 136 valence electrons. The Morgan fingerprint density at radius 3 is 1.65 bits per heavy atom. The van der Waals surface area contributed by atoms with Crippen molar-refractivity contribution >= 4 is 0 Å². The smallest absolute Gasteiger partial charge is 0.243 e. The van der Waals surface area contributed by atoms with E-state index in [9.17, 15) is 0 Å². The van der Waals surface area contributed by atoms with E-state index >= 15 is 0 Å². The molecule has 0 unspecified atom stereocenters. The van der Waals surface area contributed by atoms with E-state index in [-0.39, 0.29) is 14.9 Å². The molecule has 0 spiro atoms. The summed E-state index contributed by atoms with van der Waals surface area (Å²) >= 11 is 0. The molecule has 1 aromatic rings. The van der Waals surface area contributed by atoms with Crippen LogP contribution in [-0.2, 0) is 7.05 Å². The van der Waals surface area contributed by atoms with E-state index in [4.69, 9.17) is 0 Å². The van der Waals surface area contributed by atoms with Gasteiger partial charge in [-0.05, 0) is 27.7 Å². The number of nitrogens with zero attached hydrogens (tertiary/aromatic N) is 4. The summed E-state index contributed by atoms with van der Waals surface area (Å²) in [4.78, 5) is 0. The highest BCUT2D eigenvalue weighted by Gasteiger charge is 2.47. The van der Waals surface area contributed by atoms with Crippen LogP contribution in [0, 0.1) is 0 Å². The van der Waals surface area contributed by atoms with Crippen LogP contribution >= 0.6 is 0 Å². The molecule has 4 rings (SSSR count). The van der Waals surface area contributed by atoms with Crippen LogP contribution in [0.3, 0.4) is 0 Å². The van der Waals surface area contributed by atoms with Gasteiger partial charge in [-0.1, -0.05) is 14.9 Å². The van der Waals surface area contributed by atoms with Crippen molar-refractivity contribution in [2.24, 2.45) is 7.05 Å². The molecule has 0 radical (unpaired) electrons. The summed E-state index contributed by atoms with van der Waals surface area (Å²) in [5, 5.41) is 0. The lowest BCUT2D eigenvalue weighted by atomic mass is 10.1. The Kier molecular flexibility index (Phi) is 7.98. The Labute approximate surface area is 145 Å². The van der Waals surface area contributed by atoms with Crippen LogP contribution in [-0.4, -0.2) is 65.9 Å². The highest BCUT2D eigenvalue weighted by atomic mass is 15.5. The molecule has 4 heterocycles. The normalized spacial score (nSPS) is 28.7. The maximum Gasteiger partial charge on any atom is 0.243 e. The molecular weight excluding hydrogens is 284 g/mol. The molecule has 0 N–H and O–H groups in total. The number of aryl methyl sites for hydroxylation is 1. The number of fused-ring (bicyclic) bond motifs is 3. The first kappa shape index (κ1) is 22.1. The summed E-state index contributed by atoms with van der Waals surface area (Å²) in [6.45, 7) is 17.6. The quantitative estimate of drug-likeness (QED) is 0.583. The van der Waals surface area contributed by atoms with Crippen LogP contribution in [0.25, 0.3) is 0 Å². The van der Waals surface area contributed by atoms with Gasteiger partial charge in [0, 0.05) is 0 Å². The van der Waals surface area contributed by atoms with Crippen LogP contribution in [0.1, 0.15) is 48.6 Å². The number of aromatic nitrogens is 2. The third-order valence-corrected chi connectivity index (χ3v) is 5.74. The molecule has 4 heteroatoms. The van der Waals surface area contributed by atoms with Crippen molar-refractivity contribution in [3.8, 4) is 0 Å². The fourth-order valence-corrected chi connectivity index (χ4v) is 3.54. The van der Waals surface area contributed by atoms with Gasteiger partial charge in [0.1, 0.15) is 51.7 Å². The van der Waals surface area contributed by atoms with E-state index in [0.29, 0.717) is 6.04 Å². The molecular formula is C19H43N4+3. The molecule has 3 fully saturated rings. The van der Waals surface area contributed by atoms with Crippen molar-refractivity contribution in [1.29, 1.82) is 0 Å². The zero-order valence-corrected chi connectivity index (χ0v) is 14.9. The van der Waals surface area contributed by atoms with Crippen molar-refractivity contribution in [2.75, 3.05) is 46.3 Å². The second-order valence-electron chi connectivity index (χ2n) is 7.89. The van der Waals surface area contributed by atoms with Crippen molar-refractivity contribution in [3.05, 3.63) is 18.7 Å². The summed E-state index contributed by atoms with van der Waals surface area (Å²) in [5.41, 5.74) is 0. The minimum absolute atomic E-state index is 0. The molecule has 4 nitrogen and oxygen atoms in total. The maximum atomic E-state index is 2.42. The summed E-state index contributed by atoms with van der Waals surface area (Å²) in [6, 6.07) is 1.42. The van der Waals surface area contributed by atoms with Crippen LogP contribution in [0.5, 0.6) is 0 Å². The number of rotatable bonds is 2. The first-order valence-corrected chi connectivity index (χ1v) is 8.48. The third kappa shape index (κ3) is 5.05. The fourth-order valence-electron chi connectivity index (χ4n) is 3.54. The molecule has 0 aliphatic carbocycles. The number of hydrogen-bond donors (Lipinski definition) is 0. The Balaban J connectivity index is 0.000000401. The minimum atomic E-state index is 0. The van der Waals surface area contributed by atoms with Crippen LogP contribution < -0.4 is 4.57 Å². The van der Waals surface area contributed by atoms with E-state index in [0.717, 1.165) is 6.04 Å². The Morgan fingerprint density at radius 1 is 0.913 bits per heavy atom. The van der Waals surface area contributed by atoms with Gasteiger partial charge in [0.05, 0.1) is 26.2 Å². The molecule has 2 bridgehead atoms. The fraction of sp³-hybridized carbons (Fsp3) is 0.842. The van der Waals surface area contributed by atoms with Crippen molar-refractivity contribution < 1.29 is 13.5 Å². The van der Waals surface area contributed by atoms with Gasteiger partial charge in [0.15, 0.2) is 0 Å². The van der Waals surface area contributed by atoms with Crippen molar-refractivity contribution in [3.63, 3.8) is 0 Å². The molecule has 3 saturated heterocycles. The monoisotopic (exact) mass is 327 g/mol. The topological polar surface area (TPSA) is 8.81 Å². The zero-order valence-electron chi connectivity index (χ0n) is 14.9. The van der Waals surface area contributed by atoms with Crippen LogP contribution in [0.15, 0.2) is 18.7 Å². The first-order valence-electron chi connectivity index (χ1n) is 8.48. The average molecular weight is 328 g/mol. The average Bonchev–Trinajstić information content (AvgIpc) is 2.87. The lowest BCUT2D eigenvalue weighted by Crippen LogP contribution is -2.75. The van der Waals surface area contributed by atoms with Gasteiger partial charge in [-0.25, -0.2) is 9.13 Å². The Bertz CT molecular complexity index is 437. The standard InChI is InChI=1S/C10H22N2.C7H13N2.2CH4/c1-10(2)12-7-4-11(3,5-8-12)6-9-12;1-7(2)9-5-4-8(3)6-9;;/h10H,4-9H2,1-3H3;4-7H,1-3H3;2*1H4/q+2;+1;;. The lowest BCUT2D eigenvalue weighted by molar-refractivity contribution is -1.08. The Morgan fingerprint density at radius 2 is 1.39 bits per heavy atom. The second kappa shape index (κ2) is 8.29. The van der Waals surface area contributed by atoms with Crippen molar-refractivity contribution in [2.45, 2.75) is 54.6 Å².